The number of rotatable bonds is 0. The van der Waals surface area contributed by atoms with Crippen molar-refractivity contribution < 1.29 is 9.90 Å². The standard InChI is InChI=1S/C9H7NO.C2H4O2.ClH/c11-9-6-5-7-3-1-2-4-8(7)10-9;1-2(3)4;/h1-6H,(H,10,11);1H3,(H,3,4);1H. The molecule has 0 amide bonds. The number of hydrogen-bond donors (Lipinski definition) is 2. The van der Waals surface area contributed by atoms with Crippen molar-refractivity contribution in [2.24, 2.45) is 0 Å². The molecule has 0 bridgehead atoms. The van der Waals surface area contributed by atoms with Crippen LogP contribution in [0.15, 0.2) is 41.2 Å². The Morgan fingerprint density at radius 1 is 1.19 bits per heavy atom. The van der Waals surface area contributed by atoms with E-state index in [9.17, 15) is 4.79 Å². The summed E-state index contributed by atoms with van der Waals surface area (Å²) in [4.78, 5) is 22.6. The Kier molecular flexibility index (Phi) is 5.88. The third-order valence-electron chi connectivity index (χ3n) is 1.63. The SMILES string of the molecule is CC(=O)O.Cl.O=c1ccc2ccccc2[nH]1. The number of halogens is 1. The molecule has 2 N–H and O–H groups in total. The molecule has 1 heterocycles. The van der Waals surface area contributed by atoms with Gasteiger partial charge in [-0.05, 0) is 17.5 Å². The van der Waals surface area contributed by atoms with Gasteiger partial charge in [0.1, 0.15) is 0 Å². The number of hydrogen-bond acceptors (Lipinski definition) is 2. The van der Waals surface area contributed by atoms with E-state index in [1.807, 2.05) is 30.3 Å². The average Bonchev–Trinajstić information content (AvgIpc) is 2.16. The van der Waals surface area contributed by atoms with Crippen molar-refractivity contribution in [1.29, 1.82) is 0 Å². The molecule has 0 unspecified atom stereocenters. The number of pyridine rings is 1. The number of aromatic nitrogens is 1. The zero-order chi connectivity index (χ0) is 11.3. The number of fused-ring (bicyclic) bond motifs is 1. The van der Waals surface area contributed by atoms with Gasteiger partial charge in [-0.25, -0.2) is 0 Å². The van der Waals surface area contributed by atoms with E-state index in [1.54, 1.807) is 0 Å². The average molecular weight is 242 g/mol. The largest absolute Gasteiger partial charge is 0.481 e. The fourth-order valence-corrected chi connectivity index (χ4v) is 1.10. The van der Waals surface area contributed by atoms with Crippen LogP contribution in [0.2, 0.25) is 0 Å². The Hall–Kier alpha value is -1.81. The highest BCUT2D eigenvalue weighted by atomic mass is 35.5. The first-order chi connectivity index (χ1) is 7.09. The predicted octanol–water partition coefficient (Wildman–Crippen LogP) is 2.04. The summed E-state index contributed by atoms with van der Waals surface area (Å²) >= 11 is 0. The molecule has 0 saturated heterocycles. The zero-order valence-corrected chi connectivity index (χ0v) is 9.45. The molecule has 0 saturated carbocycles. The highest BCUT2D eigenvalue weighted by Gasteiger charge is 1.89. The molecule has 1 aromatic heterocycles. The lowest BCUT2D eigenvalue weighted by atomic mass is 10.2. The van der Waals surface area contributed by atoms with Crippen LogP contribution < -0.4 is 5.56 Å². The summed E-state index contributed by atoms with van der Waals surface area (Å²) in [7, 11) is 0. The van der Waals surface area contributed by atoms with Gasteiger partial charge in [0.25, 0.3) is 5.97 Å². The van der Waals surface area contributed by atoms with Crippen LogP contribution in [-0.2, 0) is 4.79 Å². The van der Waals surface area contributed by atoms with Gasteiger partial charge in [0, 0.05) is 18.5 Å². The normalized spacial score (nSPS) is 8.56. The van der Waals surface area contributed by atoms with E-state index in [0.717, 1.165) is 17.8 Å². The van der Waals surface area contributed by atoms with Gasteiger partial charge < -0.3 is 10.1 Å². The number of aromatic amines is 1. The summed E-state index contributed by atoms with van der Waals surface area (Å²) in [6.07, 6.45) is 0. The molecular weight excluding hydrogens is 230 g/mol. The number of nitrogens with one attached hydrogen (secondary N) is 1. The molecule has 0 aliphatic heterocycles. The monoisotopic (exact) mass is 241 g/mol. The van der Waals surface area contributed by atoms with Gasteiger partial charge in [-0.15, -0.1) is 12.4 Å². The number of para-hydroxylation sites is 1. The molecule has 0 aliphatic rings. The first-order valence-corrected chi connectivity index (χ1v) is 4.37. The third kappa shape index (κ3) is 4.61. The van der Waals surface area contributed by atoms with Crippen molar-refractivity contribution >= 4 is 29.3 Å². The lowest BCUT2D eigenvalue weighted by molar-refractivity contribution is -0.134. The Bertz CT molecular complexity index is 518. The summed E-state index contributed by atoms with van der Waals surface area (Å²) < 4.78 is 0. The van der Waals surface area contributed by atoms with Crippen LogP contribution in [0, 0.1) is 0 Å². The zero-order valence-electron chi connectivity index (χ0n) is 8.64. The van der Waals surface area contributed by atoms with Crippen LogP contribution in [0.25, 0.3) is 10.9 Å². The maximum Gasteiger partial charge on any atom is 0.300 e. The van der Waals surface area contributed by atoms with E-state index in [-0.39, 0.29) is 18.0 Å². The molecule has 0 spiro atoms. The fourth-order valence-electron chi connectivity index (χ4n) is 1.10. The van der Waals surface area contributed by atoms with Crippen molar-refractivity contribution in [2.45, 2.75) is 6.92 Å². The third-order valence-corrected chi connectivity index (χ3v) is 1.63. The lowest BCUT2D eigenvalue weighted by Gasteiger charge is -1.93. The van der Waals surface area contributed by atoms with Crippen LogP contribution in [0.4, 0.5) is 0 Å². The number of carboxylic acid groups (broad SMARTS) is 1. The highest BCUT2D eigenvalue weighted by Crippen LogP contribution is 2.06. The maximum atomic E-state index is 10.8. The van der Waals surface area contributed by atoms with Crippen molar-refractivity contribution in [3.63, 3.8) is 0 Å². The van der Waals surface area contributed by atoms with Crippen molar-refractivity contribution in [2.75, 3.05) is 0 Å². The Labute approximate surface area is 98.3 Å². The summed E-state index contributed by atoms with van der Waals surface area (Å²) in [5.74, 6) is -0.833. The second-order valence-corrected chi connectivity index (χ2v) is 2.93. The van der Waals surface area contributed by atoms with Gasteiger partial charge in [-0.2, -0.15) is 0 Å². The van der Waals surface area contributed by atoms with E-state index >= 15 is 0 Å². The molecule has 16 heavy (non-hydrogen) atoms. The summed E-state index contributed by atoms with van der Waals surface area (Å²) in [6.45, 7) is 1.08. The smallest absolute Gasteiger partial charge is 0.300 e. The first-order valence-electron chi connectivity index (χ1n) is 4.37. The molecule has 0 radical (unpaired) electrons. The minimum Gasteiger partial charge on any atom is -0.481 e. The summed E-state index contributed by atoms with van der Waals surface area (Å²) in [6, 6.07) is 11.0. The number of carboxylic acids is 1. The van der Waals surface area contributed by atoms with Crippen molar-refractivity contribution in [1.82, 2.24) is 4.98 Å². The van der Waals surface area contributed by atoms with Gasteiger partial charge in [0.05, 0.1) is 0 Å². The molecule has 0 aliphatic carbocycles. The van der Waals surface area contributed by atoms with Gasteiger partial charge in [-0.3, -0.25) is 9.59 Å². The number of H-pyrrole nitrogens is 1. The Morgan fingerprint density at radius 3 is 2.38 bits per heavy atom. The quantitative estimate of drug-likeness (QED) is 0.742. The minimum absolute atomic E-state index is 0. The van der Waals surface area contributed by atoms with Crippen molar-refractivity contribution in [3.8, 4) is 0 Å². The van der Waals surface area contributed by atoms with Crippen LogP contribution in [0.1, 0.15) is 6.92 Å². The summed E-state index contributed by atoms with van der Waals surface area (Å²) in [5.41, 5.74) is 0.837. The van der Waals surface area contributed by atoms with E-state index in [1.165, 1.54) is 6.07 Å². The van der Waals surface area contributed by atoms with Crippen LogP contribution in [0.5, 0.6) is 0 Å². The Morgan fingerprint density at radius 2 is 1.75 bits per heavy atom. The van der Waals surface area contributed by atoms with Gasteiger partial charge >= 0.3 is 0 Å². The van der Waals surface area contributed by atoms with Crippen LogP contribution in [-0.4, -0.2) is 16.1 Å². The summed E-state index contributed by atoms with van der Waals surface area (Å²) in [5, 5.41) is 8.48. The van der Waals surface area contributed by atoms with Crippen LogP contribution in [0.3, 0.4) is 0 Å². The topological polar surface area (TPSA) is 70.2 Å². The van der Waals surface area contributed by atoms with E-state index in [0.29, 0.717) is 0 Å². The first kappa shape index (κ1) is 14.2. The highest BCUT2D eigenvalue weighted by molar-refractivity contribution is 5.85. The van der Waals surface area contributed by atoms with E-state index < -0.39 is 5.97 Å². The van der Waals surface area contributed by atoms with Crippen LogP contribution >= 0.6 is 12.4 Å². The molecule has 0 atom stereocenters. The van der Waals surface area contributed by atoms with Gasteiger partial charge in [0.15, 0.2) is 0 Å². The molecular formula is C11H12ClNO3. The van der Waals surface area contributed by atoms with Gasteiger partial charge in [0.2, 0.25) is 5.56 Å². The number of aliphatic carboxylic acids is 1. The maximum absolute atomic E-state index is 10.8. The molecule has 2 rings (SSSR count). The lowest BCUT2D eigenvalue weighted by Crippen LogP contribution is -2.01. The van der Waals surface area contributed by atoms with E-state index in [2.05, 4.69) is 4.98 Å². The minimum atomic E-state index is -0.833. The Balaban J connectivity index is 0.000000397. The number of benzene rings is 1. The molecule has 86 valence electrons. The molecule has 1 aromatic carbocycles. The van der Waals surface area contributed by atoms with Gasteiger partial charge in [-0.1, -0.05) is 18.2 Å². The molecule has 5 heteroatoms. The molecule has 0 fully saturated rings. The fraction of sp³-hybridized carbons (Fsp3) is 0.0909. The molecule has 4 nitrogen and oxygen atoms in total. The van der Waals surface area contributed by atoms with E-state index in [4.69, 9.17) is 9.90 Å². The van der Waals surface area contributed by atoms with Crippen molar-refractivity contribution in [3.05, 3.63) is 46.8 Å². The second kappa shape index (κ2) is 6.63. The molecule has 2 aromatic rings. The number of carbonyl (C=O) groups is 1. The predicted molar refractivity (Wildman–Crippen MR) is 65.1 cm³/mol. The second-order valence-electron chi connectivity index (χ2n) is 2.93.